The number of aryl methyl sites for hydroxylation is 1. The molecule has 2 rings (SSSR count). The van der Waals surface area contributed by atoms with Gasteiger partial charge in [0.15, 0.2) is 0 Å². The molecule has 0 spiro atoms. The van der Waals surface area contributed by atoms with Crippen LogP contribution in [0, 0.1) is 11.8 Å². The molecule has 1 N–H and O–H groups in total. The van der Waals surface area contributed by atoms with Crippen LogP contribution >= 0.6 is 0 Å². The molecule has 19 heavy (non-hydrogen) atoms. The zero-order valence-corrected chi connectivity index (χ0v) is 12.7. The van der Waals surface area contributed by atoms with Gasteiger partial charge in [-0.2, -0.15) is 0 Å². The highest BCUT2D eigenvalue weighted by Crippen LogP contribution is 2.29. The summed E-state index contributed by atoms with van der Waals surface area (Å²) in [6, 6.07) is 12.2. The van der Waals surface area contributed by atoms with Gasteiger partial charge in [0.25, 0.3) is 0 Å². The lowest BCUT2D eigenvalue weighted by Crippen LogP contribution is -2.44. The topological polar surface area (TPSA) is 12.0 Å². The summed E-state index contributed by atoms with van der Waals surface area (Å²) in [4.78, 5) is 0. The van der Waals surface area contributed by atoms with Crippen LogP contribution in [0.4, 0.5) is 0 Å². The van der Waals surface area contributed by atoms with Crippen molar-refractivity contribution in [1.29, 1.82) is 0 Å². The zero-order chi connectivity index (χ0) is 13.7. The molecule has 0 aromatic heterocycles. The average molecular weight is 259 g/mol. The predicted octanol–water partition coefficient (Wildman–Crippen LogP) is 4.42. The first kappa shape index (κ1) is 14.6. The third-order valence-electron chi connectivity index (χ3n) is 4.91. The Morgan fingerprint density at radius 3 is 2.63 bits per heavy atom. The van der Waals surface area contributed by atoms with Crippen LogP contribution in [0.5, 0.6) is 0 Å². The van der Waals surface area contributed by atoms with Crippen molar-refractivity contribution in [1.82, 2.24) is 5.32 Å². The maximum atomic E-state index is 3.87. The Kier molecular flexibility index (Phi) is 5.45. The van der Waals surface area contributed by atoms with E-state index in [-0.39, 0.29) is 0 Å². The molecule has 106 valence electrons. The second-order valence-corrected chi connectivity index (χ2v) is 6.47. The Labute approximate surface area is 118 Å². The van der Waals surface area contributed by atoms with E-state index >= 15 is 0 Å². The highest BCUT2D eigenvalue weighted by Gasteiger charge is 2.27. The van der Waals surface area contributed by atoms with Crippen LogP contribution in [-0.2, 0) is 6.42 Å². The molecule has 0 saturated heterocycles. The van der Waals surface area contributed by atoms with Crippen LogP contribution < -0.4 is 5.32 Å². The van der Waals surface area contributed by atoms with Gasteiger partial charge in [-0.05, 0) is 43.6 Å². The molecular weight excluding hydrogens is 230 g/mol. The summed E-state index contributed by atoms with van der Waals surface area (Å²) < 4.78 is 0. The number of hydrogen-bond donors (Lipinski definition) is 1. The molecule has 1 aromatic rings. The third-order valence-corrected chi connectivity index (χ3v) is 4.91. The standard InChI is InChI=1S/C18H29N/c1-14-8-7-11-18(16(14)3)19-15(2)12-13-17-9-5-4-6-10-17/h4-6,9-10,14-16,18-19H,7-8,11-13H2,1-3H3. The Balaban J connectivity index is 1.76. The fourth-order valence-corrected chi connectivity index (χ4v) is 3.29. The maximum absolute atomic E-state index is 3.87. The van der Waals surface area contributed by atoms with Gasteiger partial charge in [0.05, 0.1) is 0 Å². The lowest BCUT2D eigenvalue weighted by atomic mass is 9.78. The lowest BCUT2D eigenvalue weighted by Gasteiger charge is -2.36. The Morgan fingerprint density at radius 1 is 1.16 bits per heavy atom. The van der Waals surface area contributed by atoms with Gasteiger partial charge in [-0.3, -0.25) is 0 Å². The Hall–Kier alpha value is -0.820. The van der Waals surface area contributed by atoms with E-state index < -0.39 is 0 Å². The molecule has 1 fully saturated rings. The van der Waals surface area contributed by atoms with Gasteiger partial charge >= 0.3 is 0 Å². The monoisotopic (exact) mass is 259 g/mol. The number of rotatable bonds is 5. The first-order chi connectivity index (χ1) is 9.16. The van der Waals surface area contributed by atoms with E-state index in [1.165, 1.54) is 37.7 Å². The molecule has 1 aliphatic carbocycles. The maximum Gasteiger partial charge on any atom is 0.00977 e. The van der Waals surface area contributed by atoms with E-state index in [1.807, 2.05) is 0 Å². The van der Waals surface area contributed by atoms with Gasteiger partial charge in [0.2, 0.25) is 0 Å². The van der Waals surface area contributed by atoms with Gasteiger partial charge in [0.1, 0.15) is 0 Å². The molecule has 1 heteroatoms. The zero-order valence-electron chi connectivity index (χ0n) is 12.7. The van der Waals surface area contributed by atoms with Crippen molar-refractivity contribution < 1.29 is 0 Å². The van der Waals surface area contributed by atoms with E-state index in [4.69, 9.17) is 0 Å². The molecule has 0 aliphatic heterocycles. The van der Waals surface area contributed by atoms with Crippen molar-refractivity contribution in [2.75, 3.05) is 0 Å². The molecule has 4 unspecified atom stereocenters. The smallest absolute Gasteiger partial charge is 0.00977 e. The van der Waals surface area contributed by atoms with Crippen LogP contribution in [0.15, 0.2) is 30.3 Å². The van der Waals surface area contributed by atoms with Crippen molar-refractivity contribution in [2.24, 2.45) is 11.8 Å². The highest BCUT2D eigenvalue weighted by molar-refractivity contribution is 5.14. The quantitative estimate of drug-likeness (QED) is 0.825. The molecule has 0 radical (unpaired) electrons. The van der Waals surface area contributed by atoms with Crippen molar-refractivity contribution >= 4 is 0 Å². The van der Waals surface area contributed by atoms with Crippen molar-refractivity contribution in [3.8, 4) is 0 Å². The Bertz CT molecular complexity index is 359. The molecule has 0 bridgehead atoms. The molecule has 0 amide bonds. The summed E-state index contributed by atoms with van der Waals surface area (Å²) in [5.74, 6) is 1.71. The van der Waals surface area contributed by atoms with Gasteiger partial charge < -0.3 is 5.32 Å². The fourth-order valence-electron chi connectivity index (χ4n) is 3.29. The fraction of sp³-hybridized carbons (Fsp3) is 0.667. The minimum Gasteiger partial charge on any atom is -0.311 e. The van der Waals surface area contributed by atoms with E-state index in [1.54, 1.807) is 0 Å². The summed E-state index contributed by atoms with van der Waals surface area (Å²) in [5.41, 5.74) is 1.46. The summed E-state index contributed by atoms with van der Waals surface area (Å²) in [7, 11) is 0. The lowest BCUT2D eigenvalue weighted by molar-refractivity contribution is 0.194. The largest absolute Gasteiger partial charge is 0.311 e. The second kappa shape index (κ2) is 7.09. The molecule has 1 saturated carbocycles. The highest BCUT2D eigenvalue weighted by atomic mass is 15.0. The number of hydrogen-bond acceptors (Lipinski definition) is 1. The molecule has 1 aliphatic rings. The molecule has 1 nitrogen and oxygen atoms in total. The molecule has 0 heterocycles. The number of benzene rings is 1. The van der Waals surface area contributed by atoms with Gasteiger partial charge in [-0.1, -0.05) is 57.0 Å². The summed E-state index contributed by atoms with van der Waals surface area (Å²) in [6.45, 7) is 7.17. The van der Waals surface area contributed by atoms with E-state index in [0.29, 0.717) is 6.04 Å². The molecule has 1 aromatic carbocycles. The molecule has 4 atom stereocenters. The van der Waals surface area contributed by atoms with Crippen molar-refractivity contribution in [3.63, 3.8) is 0 Å². The van der Waals surface area contributed by atoms with Crippen molar-refractivity contribution in [2.45, 2.75) is 65.0 Å². The van der Waals surface area contributed by atoms with Gasteiger partial charge in [-0.15, -0.1) is 0 Å². The minimum atomic E-state index is 0.623. The van der Waals surface area contributed by atoms with Crippen LogP contribution in [0.2, 0.25) is 0 Å². The van der Waals surface area contributed by atoms with Gasteiger partial charge in [0, 0.05) is 12.1 Å². The summed E-state index contributed by atoms with van der Waals surface area (Å²) in [5, 5.41) is 3.87. The average Bonchev–Trinajstić information content (AvgIpc) is 2.43. The second-order valence-electron chi connectivity index (χ2n) is 6.47. The predicted molar refractivity (Wildman–Crippen MR) is 83.3 cm³/mol. The van der Waals surface area contributed by atoms with E-state index in [9.17, 15) is 0 Å². The van der Waals surface area contributed by atoms with Crippen LogP contribution in [0.3, 0.4) is 0 Å². The summed E-state index contributed by atoms with van der Waals surface area (Å²) >= 11 is 0. The minimum absolute atomic E-state index is 0.623. The van der Waals surface area contributed by atoms with Crippen LogP contribution in [-0.4, -0.2) is 12.1 Å². The summed E-state index contributed by atoms with van der Waals surface area (Å²) in [6.07, 6.45) is 6.60. The van der Waals surface area contributed by atoms with Crippen molar-refractivity contribution in [3.05, 3.63) is 35.9 Å². The molecular formula is C18H29N. The number of nitrogens with one attached hydrogen (secondary N) is 1. The van der Waals surface area contributed by atoms with E-state index in [0.717, 1.165) is 17.9 Å². The first-order valence-electron chi connectivity index (χ1n) is 7.97. The van der Waals surface area contributed by atoms with Crippen LogP contribution in [0.1, 0.15) is 52.0 Å². The van der Waals surface area contributed by atoms with E-state index in [2.05, 4.69) is 56.4 Å². The third kappa shape index (κ3) is 4.35. The van der Waals surface area contributed by atoms with Crippen LogP contribution in [0.25, 0.3) is 0 Å². The Morgan fingerprint density at radius 2 is 1.89 bits per heavy atom. The van der Waals surface area contributed by atoms with Gasteiger partial charge in [-0.25, -0.2) is 0 Å². The first-order valence-corrected chi connectivity index (χ1v) is 7.97. The SMILES string of the molecule is CC(CCc1ccccc1)NC1CCCC(C)C1C. The normalized spacial score (nSPS) is 29.1.